The zero-order valence-electron chi connectivity index (χ0n) is 8.49. The van der Waals surface area contributed by atoms with E-state index in [0.717, 1.165) is 0 Å². The van der Waals surface area contributed by atoms with E-state index in [1.165, 1.54) is 12.1 Å². The molecule has 0 bridgehead atoms. The molecule has 1 N–H and O–H groups in total. The summed E-state index contributed by atoms with van der Waals surface area (Å²) in [7, 11) is 2.07. The smallest absolute Gasteiger partial charge is 0.0945 e. The molecule has 3 atom stereocenters. The number of hydrogen-bond acceptors (Lipinski definition) is 2. The van der Waals surface area contributed by atoms with E-state index in [-0.39, 0.29) is 0 Å². The van der Waals surface area contributed by atoms with E-state index >= 15 is 0 Å². The summed E-state index contributed by atoms with van der Waals surface area (Å²) in [6.07, 6.45) is 5.09. The van der Waals surface area contributed by atoms with E-state index in [9.17, 15) is 0 Å². The molecular weight excluding hydrogens is 162 g/mol. The monoisotopic (exact) mass is 179 g/mol. The average molecular weight is 179 g/mol. The molecule has 1 aliphatic heterocycles. The first-order chi connectivity index (χ1) is 6.18. The van der Waals surface area contributed by atoms with Gasteiger partial charge in [-0.25, -0.2) is 4.98 Å². The standard InChI is InChI=1S/C10H17N3/c1-7-4-9(8(2)12-7)10-5-11-6-13(10)3/h5-9,12H,4H2,1-3H3. The van der Waals surface area contributed by atoms with Gasteiger partial charge in [-0.3, -0.25) is 0 Å². The van der Waals surface area contributed by atoms with Crippen molar-refractivity contribution in [3.05, 3.63) is 18.2 Å². The van der Waals surface area contributed by atoms with Gasteiger partial charge in [0.1, 0.15) is 0 Å². The van der Waals surface area contributed by atoms with Crippen LogP contribution in [0.1, 0.15) is 31.9 Å². The van der Waals surface area contributed by atoms with Gasteiger partial charge < -0.3 is 9.88 Å². The predicted molar refractivity (Wildman–Crippen MR) is 52.6 cm³/mol. The molecule has 1 saturated heterocycles. The second kappa shape index (κ2) is 3.14. The average Bonchev–Trinajstić information content (AvgIpc) is 2.58. The van der Waals surface area contributed by atoms with E-state index in [4.69, 9.17) is 0 Å². The predicted octanol–water partition coefficient (Wildman–Crippen LogP) is 1.27. The third-order valence-electron chi connectivity index (χ3n) is 2.99. The van der Waals surface area contributed by atoms with Crippen molar-refractivity contribution >= 4 is 0 Å². The van der Waals surface area contributed by atoms with E-state index in [2.05, 4.69) is 35.8 Å². The Balaban J connectivity index is 2.22. The maximum absolute atomic E-state index is 4.16. The van der Waals surface area contributed by atoms with Gasteiger partial charge in [-0.15, -0.1) is 0 Å². The zero-order valence-corrected chi connectivity index (χ0v) is 8.49. The number of rotatable bonds is 1. The lowest BCUT2D eigenvalue weighted by molar-refractivity contribution is 0.557. The lowest BCUT2D eigenvalue weighted by Gasteiger charge is -2.14. The first-order valence-electron chi connectivity index (χ1n) is 4.90. The molecule has 72 valence electrons. The Labute approximate surface area is 79.2 Å². The second-order valence-corrected chi connectivity index (χ2v) is 4.13. The third kappa shape index (κ3) is 1.48. The van der Waals surface area contributed by atoms with Gasteiger partial charge in [0.15, 0.2) is 0 Å². The van der Waals surface area contributed by atoms with Gasteiger partial charge in [0, 0.05) is 36.9 Å². The summed E-state index contributed by atoms with van der Waals surface area (Å²) in [4.78, 5) is 4.16. The van der Waals surface area contributed by atoms with Crippen molar-refractivity contribution < 1.29 is 0 Å². The van der Waals surface area contributed by atoms with Crippen LogP contribution in [-0.2, 0) is 7.05 Å². The minimum Gasteiger partial charge on any atom is -0.337 e. The Bertz CT molecular complexity index is 292. The van der Waals surface area contributed by atoms with Crippen molar-refractivity contribution in [2.45, 2.75) is 38.3 Å². The highest BCUT2D eigenvalue weighted by atomic mass is 15.1. The summed E-state index contributed by atoms with van der Waals surface area (Å²) >= 11 is 0. The van der Waals surface area contributed by atoms with Crippen LogP contribution in [0.3, 0.4) is 0 Å². The number of aryl methyl sites for hydroxylation is 1. The van der Waals surface area contributed by atoms with E-state index in [0.29, 0.717) is 18.0 Å². The molecule has 0 aromatic carbocycles. The van der Waals surface area contributed by atoms with Crippen LogP contribution in [0.5, 0.6) is 0 Å². The molecule has 1 aromatic heterocycles. The van der Waals surface area contributed by atoms with Crippen molar-refractivity contribution in [3.8, 4) is 0 Å². The summed E-state index contributed by atoms with van der Waals surface area (Å²) in [5.74, 6) is 0.627. The van der Waals surface area contributed by atoms with Crippen LogP contribution in [0, 0.1) is 0 Å². The Morgan fingerprint density at radius 2 is 2.31 bits per heavy atom. The highest BCUT2D eigenvalue weighted by Crippen LogP contribution is 2.29. The number of imidazole rings is 1. The highest BCUT2D eigenvalue weighted by molar-refractivity contribution is 5.12. The number of aromatic nitrogens is 2. The molecule has 1 aromatic rings. The quantitative estimate of drug-likeness (QED) is 0.703. The van der Waals surface area contributed by atoms with Crippen molar-refractivity contribution in [2.75, 3.05) is 0 Å². The fraction of sp³-hybridized carbons (Fsp3) is 0.700. The molecule has 0 aliphatic carbocycles. The lowest BCUT2D eigenvalue weighted by atomic mass is 9.97. The first-order valence-corrected chi connectivity index (χ1v) is 4.90. The number of nitrogens with one attached hydrogen (secondary N) is 1. The summed E-state index contributed by atoms with van der Waals surface area (Å²) < 4.78 is 2.13. The van der Waals surface area contributed by atoms with Crippen LogP contribution in [0.4, 0.5) is 0 Å². The van der Waals surface area contributed by atoms with Crippen molar-refractivity contribution in [3.63, 3.8) is 0 Å². The fourth-order valence-corrected chi connectivity index (χ4v) is 2.32. The molecular formula is C10H17N3. The van der Waals surface area contributed by atoms with Crippen LogP contribution in [0.2, 0.25) is 0 Å². The van der Waals surface area contributed by atoms with Crippen LogP contribution in [-0.4, -0.2) is 21.6 Å². The molecule has 1 fully saturated rings. The molecule has 2 heterocycles. The van der Waals surface area contributed by atoms with Crippen molar-refractivity contribution in [2.24, 2.45) is 7.05 Å². The number of nitrogens with zero attached hydrogens (tertiary/aromatic N) is 2. The Hall–Kier alpha value is -0.830. The molecule has 0 spiro atoms. The molecule has 3 unspecified atom stereocenters. The van der Waals surface area contributed by atoms with Crippen molar-refractivity contribution in [1.82, 2.24) is 14.9 Å². The largest absolute Gasteiger partial charge is 0.337 e. The normalized spacial score (nSPS) is 33.9. The minimum atomic E-state index is 0.574. The molecule has 13 heavy (non-hydrogen) atoms. The van der Waals surface area contributed by atoms with Gasteiger partial charge in [0.2, 0.25) is 0 Å². The Kier molecular flexibility index (Phi) is 2.12. The maximum atomic E-state index is 4.16. The van der Waals surface area contributed by atoms with Crippen LogP contribution in [0.25, 0.3) is 0 Å². The highest BCUT2D eigenvalue weighted by Gasteiger charge is 2.30. The fourth-order valence-electron chi connectivity index (χ4n) is 2.32. The second-order valence-electron chi connectivity index (χ2n) is 4.13. The third-order valence-corrected chi connectivity index (χ3v) is 2.99. The van der Waals surface area contributed by atoms with Gasteiger partial charge >= 0.3 is 0 Å². The molecule has 1 aliphatic rings. The molecule has 3 heteroatoms. The first kappa shape index (κ1) is 8.75. The van der Waals surface area contributed by atoms with Gasteiger partial charge in [-0.05, 0) is 20.3 Å². The van der Waals surface area contributed by atoms with Crippen LogP contribution >= 0.6 is 0 Å². The van der Waals surface area contributed by atoms with Gasteiger partial charge in [-0.2, -0.15) is 0 Å². The SMILES string of the molecule is CC1CC(c2cncn2C)C(C)N1. The van der Waals surface area contributed by atoms with E-state index < -0.39 is 0 Å². The van der Waals surface area contributed by atoms with Gasteiger partial charge in [0.25, 0.3) is 0 Å². The maximum Gasteiger partial charge on any atom is 0.0945 e. The molecule has 3 nitrogen and oxygen atoms in total. The Morgan fingerprint density at radius 3 is 2.77 bits per heavy atom. The van der Waals surface area contributed by atoms with Crippen molar-refractivity contribution in [1.29, 1.82) is 0 Å². The lowest BCUT2D eigenvalue weighted by Crippen LogP contribution is -2.26. The van der Waals surface area contributed by atoms with E-state index in [1.807, 2.05) is 12.5 Å². The summed E-state index contributed by atoms with van der Waals surface area (Å²) in [5.41, 5.74) is 1.35. The molecule has 0 saturated carbocycles. The summed E-state index contributed by atoms with van der Waals surface area (Å²) in [5, 5.41) is 3.54. The van der Waals surface area contributed by atoms with Gasteiger partial charge in [-0.1, -0.05) is 0 Å². The summed E-state index contributed by atoms with van der Waals surface area (Å²) in [6.45, 7) is 4.49. The van der Waals surface area contributed by atoms with Crippen LogP contribution in [0.15, 0.2) is 12.5 Å². The van der Waals surface area contributed by atoms with Crippen LogP contribution < -0.4 is 5.32 Å². The topological polar surface area (TPSA) is 29.9 Å². The number of hydrogen-bond donors (Lipinski definition) is 1. The molecule has 0 amide bonds. The van der Waals surface area contributed by atoms with E-state index in [1.54, 1.807) is 0 Å². The zero-order chi connectivity index (χ0) is 9.42. The summed E-state index contributed by atoms with van der Waals surface area (Å²) in [6, 6.07) is 1.21. The van der Waals surface area contributed by atoms with Gasteiger partial charge in [0.05, 0.1) is 6.33 Å². The molecule has 2 rings (SSSR count). The Morgan fingerprint density at radius 1 is 1.54 bits per heavy atom. The molecule has 0 radical (unpaired) electrons. The minimum absolute atomic E-state index is 0.574.